The lowest BCUT2D eigenvalue weighted by molar-refractivity contribution is -0.138. The highest BCUT2D eigenvalue weighted by Crippen LogP contribution is 2.32. The van der Waals surface area contributed by atoms with Crippen molar-refractivity contribution in [3.05, 3.63) is 94.8 Å². The van der Waals surface area contributed by atoms with Crippen LogP contribution in [0.3, 0.4) is 0 Å². The van der Waals surface area contributed by atoms with Gasteiger partial charge in [0.15, 0.2) is 11.6 Å². The number of carbonyl (C=O) groups excluding carboxylic acids is 1. The molecule has 1 amide bonds. The molecule has 0 aliphatic carbocycles. The van der Waals surface area contributed by atoms with Gasteiger partial charge in [0.1, 0.15) is 5.56 Å². The summed E-state index contributed by atoms with van der Waals surface area (Å²) in [7, 11) is 0. The molecule has 0 unspecified atom stereocenters. The van der Waals surface area contributed by atoms with E-state index in [9.17, 15) is 26.7 Å². The van der Waals surface area contributed by atoms with Gasteiger partial charge >= 0.3 is 6.18 Å². The molecule has 8 heteroatoms. The van der Waals surface area contributed by atoms with Gasteiger partial charge in [0.05, 0.1) is 18.0 Å². The first-order chi connectivity index (χ1) is 13.3. The summed E-state index contributed by atoms with van der Waals surface area (Å²) in [6.07, 6.45) is -2.97. The lowest BCUT2D eigenvalue weighted by atomic mass is 9.99. The molecule has 1 aromatic heterocycles. The fourth-order valence-corrected chi connectivity index (χ4v) is 2.70. The lowest BCUT2D eigenvalue weighted by Crippen LogP contribution is -2.16. The third kappa shape index (κ3) is 4.33. The number of benzene rings is 2. The zero-order chi connectivity index (χ0) is 20.3. The Balaban J connectivity index is 1.76. The van der Waals surface area contributed by atoms with Gasteiger partial charge in [-0.3, -0.25) is 9.78 Å². The van der Waals surface area contributed by atoms with Gasteiger partial charge < -0.3 is 5.32 Å². The van der Waals surface area contributed by atoms with Gasteiger partial charge in [-0.1, -0.05) is 30.3 Å². The van der Waals surface area contributed by atoms with Crippen molar-refractivity contribution in [2.45, 2.75) is 12.6 Å². The quantitative estimate of drug-likeness (QED) is 0.619. The molecule has 3 nitrogen and oxygen atoms in total. The van der Waals surface area contributed by atoms with Gasteiger partial charge in [-0.05, 0) is 35.7 Å². The van der Waals surface area contributed by atoms with E-state index >= 15 is 0 Å². The normalized spacial score (nSPS) is 11.3. The summed E-state index contributed by atoms with van der Waals surface area (Å²) in [4.78, 5) is 15.3. The van der Waals surface area contributed by atoms with E-state index in [1.54, 1.807) is 0 Å². The van der Waals surface area contributed by atoms with E-state index in [2.05, 4.69) is 10.3 Å². The summed E-state index contributed by atoms with van der Waals surface area (Å²) in [6.45, 7) is 0. The average Bonchev–Trinajstić information content (AvgIpc) is 2.63. The van der Waals surface area contributed by atoms with Crippen molar-refractivity contribution in [2.24, 2.45) is 0 Å². The van der Waals surface area contributed by atoms with Crippen molar-refractivity contribution in [1.82, 2.24) is 4.98 Å². The van der Waals surface area contributed by atoms with E-state index in [0.29, 0.717) is 5.56 Å². The molecule has 1 heterocycles. The Hall–Kier alpha value is -3.29. The number of nitrogens with zero attached hydrogens (tertiary/aromatic N) is 1. The van der Waals surface area contributed by atoms with Gasteiger partial charge in [-0.25, -0.2) is 8.78 Å². The minimum absolute atomic E-state index is 0.0392. The van der Waals surface area contributed by atoms with Crippen LogP contribution in [0.5, 0.6) is 0 Å². The maximum absolute atomic E-state index is 13.6. The molecule has 144 valence electrons. The van der Waals surface area contributed by atoms with E-state index in [1.165, 1.54) is 42.5 Å². The van der Waals surface area contributed by atoms with E-state index in [0.717, 1.165) is 18.5 Å². The standard InChI is InChI=1S/C20H13F5N2O/c21-16-10-26-11-17(22)18(16)19(28)27-14-7-5-12(6-8-14)9-13-3-1-2-4-15(13)20(23,24)25/h1-8,10-11H,9H2,(H,27,28). The van der Waals surface area contributed by atoms with Crippen LogP contribution in [-0.2, 0) is 12.6 Å². The first-order valence-corrected chi connectivity index (χ1v) is 8.10. The predicted molar refractivity (Wildman–Crippen MR) is 92.8 cm³/mol. The fourth-order valence-electron chi connectivity index (χ4n) is 2.70. The van der Waals surface area contributed by atoms with Crippen LogP contribution in [0.25, 0.3) is 0 Å². The van der Waals surface area contributed by atoms with Crippen LogP contribution in [0.1, 0.15) is 27.0 Å². The number of halogens is 5. The number of hydrogen-bond acceptors (Lipinski definition) is 2. The number of anilines is 1. The number of alkyl halides is 3. The molecule has 28 heavy (non-hydrogen) atoms. The molecule has 3 aromatic rings. The molecular weight excluding hydrogens is 379 g/mol. The van der Waals surface area contributed by atoms with Crippen molar-refractivity contribution in [1.29, 1.82) is 0 Å². The SMILES string of the molecule is O=C(Nc1ccc(Cc2ccccc2C(F)(F)F)cc1)c1c(F)cncc1F. The highest BCUT2D eigenvalue weighted by atomic mass is 19.4. The smallest absolute Gasteiger partial charge is 0.322 e. The number of amides is 1. The fraction of sp³-hybridized carbons (Fsp3) is 0.100. The first kappa shape index (κ1) is 19.5. The molecule has 2 aromatic carbocycles. The predicted octanol–water partition coefficient (Wildman–Crippen LogP) is 5.22. The third-order valence-electron chi connectivity index (χ3n) is 4.01. The minimum atomic E-state index is -4.46. The molecule has 0 saturated carbocycles. The van der Waals surface area contributed by atoms with E-state index in [-0.39, 0.29) is 17.7 Å². The third-order valence-corrected chi connectivity index (χ3v) is 4.01. The molecule has 1 N–H and O–H groups in total. The van der Waals surface area contributed by atoms with Crippen LogP contribution in [0.2, 0.25) is 0 Å². The summed E-state index contributed by atoms with van der Waals surface area (Å²) in [5.41, 5.74) is -0.536. The van der Waals surface area contributed by atoms with E-state index < -0.39 is 34.8 Å². The second kappa shape index (κ2) is 7.75. The molecule has 0 saturated heterocycles. The van der Waals surface area contributed by atoms with Crippen LogP contribution in [-0.4, -0.2) is 10.9 Å². The van der Waals surface area contributed by atoms with Crippen molar-refractivity contribution in [2.75, 3.05) is 5.32 Å². The molecule has 0 aliphatic rings. The highest BCUT2D eigenvalue weighted by Gasteiger charge is 2.32. The Morgan fingerprint density at radius 3 is 2.14 bits per heavy atom. The van der Waals surface area contributed by atoms with Crippen LogP contribution in [0.15, 0.2) is 60.9 Å². The van der Waals surface area contributed by atoms with Crippen LogP contribution in [0.4, 0.5) is 27.6 Å². The van der Waals surface area contributed by atoms with Crippen molar-refractivity contribution >= 4 is 11.6 Å². The number of carbonyl (C=O) groups is 1. The first-order valence-electron chi connectivity index (χ1n) is 8.10. The number of aromatic nitrogens is 1. The monoisotopic (exact) mass is 392 g/mol. The van der Waals surface area contributed by atoms with Gasteiger partial charge in [0.2, 0.25) is 0 Å². The van der Waals surface area contributed by atoms with E-state index in [1.807, 2.05) is 0 Å². The summed E-state index contributed by atoms with van der Waals surface area (Å²) in [5, 5.41) is 2.34. The molecule has 3 rings (SSSR count). The van der Waals surface area contributed by atoms with Crippen LogP contribution in [0, 0.1) is 11.6 Å². The molecule has 0 spiro atoms. The largest absolute Gasteiger partial charge is 0.416 e. The minimum Gasteiger partial charge on any atom is -0.322 e. The Kier molecular flexibility index (Phi) is 5.39. The Labute approximate surface area is 156 Å². The van der Waals surface area contributed by atoms with Gasteiger partial charge in [0, 0.05) is 5.69 Å². The topological polar surface area (TPSA) is 42.0 Å². The second-order valence-corrected chi connectivity index (χ2v) is 5.96. The summed E-state index contributed by atoms with van der Waals surface area (Å²) < 4.78 is 66.4. The Morgan fingerprint density at radius 2 is 1.54 bits per heavy atom. The molecule has 0 fully saturated rings. The molecule has 0 atom stereocenters. The molecule has 0 radical (unpaired) electrons. The van der Waals surface area contributed by atoms with E-state index in [4.69, 9.17) is 0 Å². The van der Waals surface area contributed by atoms with Crippen molar-refractivity contribution < 1.29 is 26.7 Å². The van der Waals surface area contributed by atoms with Gasteiger partial charge in [-0.2, -0.15) is 13.2 Å². The zero-order valence-electron chi connectivity index (χ0n) is 14.2. The summed E-state index contributed by atoms with van der Waals surface area (Å²) in [5.74, 6) is -3.19. The van der Waals surface area contributed by atoms with Crippen molar-refractivity contribution in [3.63, 3.8) is 0 Å². The number of hydrogen-bond donors (Lipinski definition) is 1. The Morgan fingerprint density at radius 1 is 0.929 bits per heavy atom. The molecule has 0 bridgehead atoms. The van der Waals surface area contributed by atoms with Gasteiger partial charge in [0.25, 0.3) is 5.91 Å². The van der Waals surface area contributed by atoms with Crippen LogP contribution < -0.4 is 5.32 Å². The summed E-state index contributed by atoms with van der Waals surface area (Å²) in [6, 6.07) is 11.2. The van der Waals surface area contributed by atoms with Crippen LogP contribution >= 0.6 is 0 Å². The Bertz CT molecular complexity index is 980. The maximum atomic E-state index is 13.6. The second-order valence-electron chi connectivity index (χ2n) is 5.96. The number of rotatable bonds is 4. The number of pyridine rings is 1. The summed E-state index contributed by atoms with van der Waals surface area (Å²) >= 11 is 0. The molecular formula is C20H13F5N2O. The average molecular weight is 392 g/mol. The molecule has 0 aliphatic heterocycles. The van der Waals surface area contributed by atoms with Crippen molar-refractivity contribution in [3.8, 4) is 0 Å². The highest BCUT2D eigenvalue weighted by molar-refractivity contribution is 6.04. The lowest BCUT2D eigenvalue weighted by Gasteiger charge is -2.13. The zero-order valence-corrected chi connectivity index (χ0v) is 14.2. The maximum Gasteiger partial charge on any atom is 0.416 e. The van der Waals surface area contributed by atoms with Gasteiger partial charge in [-0.15, -0.1) is 0 Å². The number of nitrogens with one attached hydrogen (secondary N) is 1.